The number of nitrogens with one attached hydrogen (secondary N) is 1. The van der Waals surface area contributed by atoms with Gasteiger partial charge >= 0.3 is 0 Å². The van der Waals surface area contributed by atoms with Crippen LogP contribution in [0.5, 0.6) is 0 Å². The van der Waals surface area contributed by atoms with Gasteiger partial charge in [0.1, 0.15) is 5.82 Å². The minimum atomic E-state index is -1.37. The van der Waals surface area contributed by atoms with Crippen LogP contribution in [0.25, 0.3) is 0 Å². The molecule has 7 heteroatoms. The molecule has 0 bridgehead atoms. The van der Waals surface area contributed by atoms with Crippen LogP contribution in [0.2, 0.25) is 0 Å². The fourth-order valence-corrected chi connectivity index (χ4v) is 2.78. The van der Waals surface area contributed by atoms with Gasteiger partial charge in [-0.1, -0.05) is 19.1 Å². The second kappa shape index (κ2) is 5.05. The van der Waals surface area contributed by atoms with Gasteiger partial charge in [0.2, 0.25) is 5.91 Å². The van der Waals surface area contributed by atoms with E-state index < -0.39 is 34.5 Å². The van der Waals surface area contributed by atoms with Gasteiger partial charge in [-0.25, -0.2) is 13.2 Å². The summed E-state index contributed by atoms with van der Waals surface area (Å²) in [7, 11) is 0. The minimum Gasteiger partial charge on any atom is -0.392 e. The summed E-state index contributed by atoms with van der Waals surface area (Å²) in [5, 5.41) is 2.18. The second-order valence-electron chi connectivity index (χ2n) is 5.16. The molecule has 2 rings (SSSR count). The molecule has 1 amide bonds. The summed E-state index contributed by atoms with van der Waals surface area (Å²) in [5.74, 6) is -4.04. The predicted molar refractivity (Wildman–Crippen MR) is 72.6 cm³/mol. The average molecular weight is 302 g/mol. The highest BCUT2D eigenvalue weighted by molar-refractivity contribution is 7.80. The van der Waals surface area contributed by atoms with Crippen LogP contribution < -0.4 is 11.1 Å². The SMILES string of the molecule is CC1CC(C(=O)Nc2cc(F)cc(F)c2F)(C(N)=S)C1. The Morgan fingerprint density at radius 3 is 2.50 bits per heavy atom. The first-order valence-electron chi connectivity index (χ1n) is 6.02. The van der Waals surface area contributed by atoms with Crippen LogP contribution in [0.4, 0.5) is 18.9 Å². The Kier molecular flexibility index (Phi) is 3.73. The highest BCUT2D eigenvalue weighted by Gasteiger charge is 2.51. The lowest BCUT2D eigenvalue weighted by atomic mass is 9.62. The molecule has 1 aromatic rings. The van der Waals surface area contributed by atoms with E-state index in [-0.39, 0.29) is 10.9 Å². The lowest BCUT2D eigenvalue weighted by Crippen LogP contribution is -2.54. The number of hydrogen-bond donors (Lipinski definition) is 2. The minimum absolute atomic E-state index is 0.00498. The van der Waals surface area contributed by atoms with Crippen molar-refractivity contribution in [2.24, 2.45) is 17.1 Å². The van der Waals surface area contributed by atoms with Crippen molar-refractivity contribution >= 4 is 28.8 Å². The molecule has 0 unspecified atom stereocenters. The summed E-state index contributed by atoms with van der Waals surface area (Å²) in [6.07, 6.45) is 0.876. The van der Waals surface area contributed by atoms with E-state index in [9.17, 15) is 18.0 Å². The quantitative estimate of drug-likeness (QED) is 0.667. The molecule has 0 spiro atoms. The lowest BCUT2D eigenvalue weighted by molar-refractivity contribution is -0.127. The Balaban J connectivity index is 2.26. The number of carbonyl (C=O) groups is 1. The van der Waals surface area contributed by atoms with Gasteiger partial charge in [0, 0.05) is 12.1 Å². The standard InChI is InChI=1S/C13H13F3N2OS/c1-6-4-13(5-6,11(17)20)12(19)18-9-3-7(14)2-8(15)10(9)16/h2-3,6H,4-5H2,1H3,(H2,17,20)(H,18,19). The number of nitrogens with two attached hydrogens (primary N) is 1. The van der Waals surface area contributed by atoms with E-state index in [1.54, 1.807) is 0 Å². The summed E-state index contributed by atoms with van der Waals surface area (Å²) in [5.41, 5.74) is 3.96. The third kappa shape index (κ3) is 2.37. The van der Waals surface area contributed by atoms with Gasteiger partial charge in [-0.3, -0.25) is 4.79 Å². The molecule has 20 heavy (non-hydrogen) atoms. The maximum Gasteiger partial charge on any atom is 0.237 e. The van der Waals surface area contributed by atoms with Crippen LogP contribution in [-0.4, -0.2) is 10.9 Å². The first kappa shape index (κ1) is 14.8. The highest BCUT2D eigenvalue weighted by atomic mass is 32.1. The van der Waals surface area contributed by atoms with Gasteiger partial charge in [0.25, 0.3) is 0 Å². The van der Waals surface area contributed by atoms with Crippen molar-refractivity contribution in [1.82, 2.24) is 0 Å². The third-order valence-corrected chi connectivity index (χ3v) is 3.93. The van der Waals surface area contributed by atoms with E-state index in [0.717, 1.165) is 0 Å². The summed E-state index contributed by atoms with van der Waals surface area (Å²) >= 11 is 4.89. The zero-order valence-corrected chi connectivity index (χ0v) is 11.5. The molecule has 108 valence electrons. The van der Waals surface area contributed by atoms with Crippen LogP contribution in [0.3, 0.4) is 0 Å². The summed E-state index contributed by atoms with van der Waals surface area (Å²) in [6.45, 7) is 1.92. The molecule has 1 fully saturated rings. The van der Waals surface area contributed by atoms with Gasteiger partial charge in [-0.15, -0.1) is 0 Å². The number of halogens is 3. The molecule has 3 nitrogen and oxygen atoms in total. The van der Waals surface area contributed by atoms with Crippen molar-refractivity contribution in [3.63, 3.8) is 0 Å². The van der Waals surface area contributed by atoms with Gasteiger partial charge < -0.3 is 11.1 Å². The molecule has 1 aliphatic carbocycles. The molecule has 1 aromatic carbocycles. The van der Waals surface area contributed by atoms with E-state index in [2.05, 4.69) is 5.32 Å². The normalized spacial score (nSPS) is 24.9. The number of benzene rings is 1. The van der Waals surface area contributed by atoms with E-state index in [1.165, 1.54) is 0 Å². The van der Waals surface area contributed by atoms with Gasteiger partial charge in [0.05, 0.1) is 16.1 Å². The monoisotopic (exact) mass is 302 g/mol. The lowest BCUT2D eigenvalue weighted by Gasteiger charge is -2.44. The maximum atomic E-state index is 13.5. The fraction of sp³-hybridized carbons (Fsp3) is 0.385. The Hall–Kier alpha value is -1.63. The zero-order chi connectivity index (χ0) is 15.1. The van der Waals surface area contributed by atoms with Crippen LogP contribution in [0, 0.1) is 28.8 Å². The number of anilines is 1. The van der Waals surface area contributed by atoms with Crippen molar-refractivity contribution < 1.29 is 18.0 Å². The van der Waals surface area contributed by atoms with Crippen molar-refractivity contribution in [3.05, 3.63) is 29.6 Å². The van der Waals surface area contributed by atoms with Gasteiger partial charge in [0.15, 0.2) is 11.6 Å². The molecule has 0 aliphatic heterocycles. The molecule has 1 aliphatic rings. The molecule has 0 atom stereocenters. The fourth-order valence-electron chi connectivity index (χ4n) is 2.52. The molecular formula is C13H13F3N2OS. The Labute approximate surface area is 119 Å². The summed E-state index contributed by atoms with van der Waals surface area (Å²) in [4.78, 5) is 12.2. The van der Waals surface area contributed by atoms with Crippen LogP contribution in [-0.2, 0) is 4.79 Å². The molecule has 3 N–H and O–H groups in total. The predicted octanol–water partition coefficient (Wildman–Crippen LogP) is 2.74. The Morgan fingerprint density at radius 2 is 2.00 bits per heavy atom. The number of hydrogen-bond acceptors (Lipinski definition) is 2. The molecular weight excluding hydrogens is 289 g/mol. The van der Waals surface area contributed by atoms with Crippen LogP contribution in [0.1, 0.15) is 19.8 Å². The van der Waals surface area contributed by atoms with Crippen molar-refractivity contribution in [3.8, 4) is 0 Å². The number of amides is 1. The first-order valence-corrected chi connectivity index (χ1v) is 6.43. The van der Waals surface area contributed by atoms with Crippen LogP contribution >= 0.6 is 12.2 Å². The molecule has 0 saturated heterocycles. The number of carbonyl (C=O) groups excluding carboxylic acids is 1. The van der Waals surface area contributed by atoms with Gasteiger partial charge in [-0.05, 0) is 18.8 Å². The first-order chi connectivity index (χ1) is 9.26. The highest BCUT2D eigenvalue weighted by Crippen LogP contribution is 2.46. The molecule has 0 radical (unpaired) electrons. The zero-order valence-electron chi connectivity index (χ0n) is 10.7. The smallest absolute Gasteiger partial charge is 0.237 e. The molecule has 0 heterocycles. The second-order valence-corrected chi connectivity index (χ2v) is 5.60. The Morgan fingerprint density at radius 1 is 1.40 bits per heavy atom. The van der Waals surface area contributed by atoms with E-state index in [1.807, 2.05) is 6.92 Å². The number of rotatable bonds is 3. The maximum absolute atomic E-state index is 13.5. The van der Waals surface area contributed by atoms with E-state index in [0.29, 0.717) is 25.0 Å². The topological polar surface area (TPSA) is 55.1 Å². The van der Waals surface area contributed by atoms with Crippen molar-refractivity contribution in [2.45, 2.75) is 19.8 Å². The largest absolute Gasteiger partial charge is 0.392 e. The average Bonchev–Trinajstić information content (AvgIpc) is 2.30. The Bertz CT molecular complexity index is 585. The van der Waals surface area contributed by atoms with Gasteiger partial charge in [-0.2, -0.15) is 0 Å². The summed E-state index contributed by atoms with van der Waals surface area (Å²) in [6, 6.07) is 1.12. The molecule has 1 saturated carbocycles. The van der Waals surface area contributed by atoms with E-state index >= 15 is 0 Å². The number of thiocarbonyl (C=S) groups is 1. The molecule has 0 aromatic heterocycles. The summed E-state index contributed by atoms with van der Waals surface area (Å²) < 4.78 is 39.7. The third-order valence-electron chi connectivity index (χ3n) is 3.54. The van der Waals surface area contributed by atoms with Crippen LogP contribution in [0.15, 0.2) is 12.1 Å². The van der Waals surface area contributed by atoms with Crippen molar-refractivity contribution in [1.29, 1.82) is 0 Å². The van der Waals surface area contributed by atoms with Crippen molar-refractivity contribution in [2.75, 3.05) is 5.32 Å². The van der Waals surface area contributed by atoms with E-state index in [4.69, 9.17) is 18.0 Å².